The second kappa shape index (κ2) is 4.31. The summed E-state index contributed by atoms with van der Waals surface area (Å²) in [5, 5.41) is 2.58. The number of nitrogens with one attached hydrogen (secondary N) is 3. The van der Waals surface area contributed by atoms with E-state index in [1.807, 2.05) is 4.98 Å². The Labute approximate surface area is 91.1 Å². The largest absolute Gasteiger partial charge is 0.346 e. The Morgan fingerprint density at radius 1 is 1.50 bits per heavy atom. The van der Waals surface area contributed by atoms with Crippen molar-refractivity contribution in [1.82, 2.24) is 15.3 Å². The molecule has 0 aliphatic rings. The summed E-state index contributed by atoms with van der Waals surface area (Å²) < 4.78 is 0. The van der Waals surface area contributed by atoms with Crippen LogP contribution in [0.25, 0.3) is 0 Å². The molecule has 0 aliphatic carbocycles. The first-order valence-electron chi connectivity index (χ1n) is 4.70. The van der Waals surface area contributed by atoms with Crippen molar-refractivity contribution in [2.75, 3.05) is 6.54 Å². The molecule has 0 aliphatic heterocycles. The van der Waals surface area contributed by atoms with E-state index in [-0.39, 0.29) is 12.1 Å². The van der Waals surface area contributed by atoms with Crippen molar-refractivity contribution in [2.45, 2.75) is 19.4 Å². The maximum Gasteiger partial charge on any atom is 0.325 e. The fourth-order valence-corrected chi connectivity index (χ4v) is 1.00. The average molecular weight is 226 g/mol. The lowest BCUT2D eigenvalue weighted by Crippen LogP contribution is -2.50. The molecule has 0 unspecified atom stereocenters. The van der Waals surface area contributed by atoms with Gasteiger partial charge in [0.05, 0.1) is 0 Å². The van der Waals surface area contributed by atoms with E-state index in [4.69, 9.17) is 5.73 Å². The van der Waals surface area contributed by atoms with Gasteiger partial charge in [-0.1, -0.05) is 0 Å². The Morgan fingerprint density at radius 2 is 2.12 bits per heavy atom. The summed E-state index contributed by atoms with van der Waals surface area (Å²) in [4.78, 5) is 37.9. The van der Waals surface area contributed by atoms with Gasteiger partial charge in [-0.25, -0.2) is 4.79 Å². The van der Waals surface area contributed by atoms with Crippen molar-refractivity contribution >= 4 is 5.91 Å². The third kappa shape index (κ3) is 2.80. The van der Waals surface area contributed by atoms with Gasteiger partial charge < -0.3 is 16.0 Å². The molecule has 0 saturated carbocycles. The molecule has 5 N–H and O–H groups in total. The molecule has 88 valence electrons. The van der Waals surface area contributed by atoms with Crippen molar-refractivity contribution in [1.29, 1.82) is 0 Å². The van der Waals surface area contributed by atoms with Gasteiger partial charge in [0.2, 0.25) is 0 Å². The number of aromatic amines is 2. The van der Waals surface area contributed by atoms with Gasteiger partial charge in [0, 0.05) is 18.3 Å². The van der Waals surface area contributed by atoms with E-state index in [0.717, 1.165) is 6.20 Å². The highest BCUT2D eigenvalue weighted by molar-refractivity contribution is 5.93. The SMILES string of the molecule is CC(C)(CN)NC(=O)c1c[nH]c(=O)[nH]c1=O. The van der Waals surface area contributed by atoms with Crippen molar-refractivity contribution in [3.63, 3.8) is 0 Å². The summed E-state index contributed by atoms with van der Waals surface area (Å²) in [6.45, 7) is 3.69. The number of rotatable bonds is 3. The predicted octanol–water partition coefficient (Wildman–Crippen LogP) is -1.47. The van der Waals surface area contributed by atoms with Gasteiger partial charge in [0.25, 0.3) is 11.5 Å². The van der Waals surface area contributed by atoms with E-state index in [9.17, 15) is 14.4 Å². The second-order valence-electron chi connectivity index (χ2n) is 4.03. The van der Waals surface area contributed by atoms with Gasteiger partial charge in [0.1, 0.15) is 5.56 Å². The maximum atomic E-state index is 11.6. The summed E-state index contributed by atoms with van der Waals surface area (Å²) >= 11 is 0. The smallest absolute Gasteiger partial charge is 0.325 e. The highest BCUT2D eigenvalue weighted by Crippen LogP contribution is 1.99. The van der Waals surface area contributed by atoms with Crippen molar-refractivity contribution in [3.8, 4) is 0 Å². The molecule has 16 heavy (non-hydrogen) atoms. The van der Waals surface area contributed by atoms with E-state index in [2.05, 4.69) is 10.3 Å². The minimum absolute atomic E-state index is 0.152. The summed E-state index contributed by atoms with van der Waals surface area (Å²) in [6, 6.07) is 0. The van der Waals surface area contributed by atoms with Crippen LogP contribution in [0.5, 0.6) is 0 Å². The molecule has 1 aromatic rings. The van der Waals surface area contributed by atoms with E-state index >= 15 is 0 Å². The van der Waals surface area contributed by atoms with Crippen LogP contribution in [0.2, 0.25) is 0 Å². The van der Waals surface area contributed by atoms with Crippen LogP contribution in [0, 0.1) is 0 Å². The van der Waals surface area contributed by atoms with Crippen LogP contribution in [0.3, 0.4) is 0 Å². The first kappa shape index (κ1) is 12.2. The van der Waals surface area contributed by atoms with E-state index in [1.54, 1.807) is 13.8 Å². The molecule has 0 bridgehead atoms. The maximum absolute atomic E-state index is 11.6. The number of aromatic nitrogens is 2. The number of carbonyl (C=O) groups excluding carboxylic acids is 1. The molecule has 0 radical (unpaired) electrons. The number of H-pyrrole nitrogens is 2. The normalized spacial score (nSPS) is 11.2. The number of nitrogens with two attached hydrogens (primary N) is 1. The van der Waals surface area contributed by atoms with Crippen LogP contribution in [-0.2, 0) is 0 Å². The summed E-state index contributed by atoms with van der Waals surface area (Å²) in [5.74, 6) is -0.576. The summed E-state index contributed by atoms with van der Waals surface area (Å²) in [5.41, 5.74) is 3.29. The molecule has 0 fully saturated rings. The molecular weight excluding hydrogens is 212 g/mol. The second-order valence-corrected chi connectivity index (χ2v) is 4.03. The zero-order chi connectivity index (χ0) is 12.3. The summed E-state index contributed by atoms with van der Waals surface area (Å²) in [7, 11) is 0. The zero-order valence-corrected chi connectivity index (χ0v) is 9.09. The van der Waals surface area contributed by atoms with Crippen molar-refractivity contribution in [3.05, 3.63) is 32.6 Å². The molecule has 0 saturated heterocycles. The zero-order valence-electron chi connectivity index (χ0n) is 9.09. The first-order valence-corrected chi connectivity index (χ1v) is 4.70. The molecule has 1 amide bonds. The molecule has 7 nitrogen and oxygen atoms in total. The highest BCUT2D eigenvalue weighted by Gasteiger charge is 2.20. The van der Waals surface area contributed by atoms with Gasteiger partial charge >= 0.3 is 5.69 Å². The molecule has 1 rings (SSSR count). The van der Waals surface area contributed by atoms with Gasteiger partial charge in [-0.2, -0.15) is 0 Å². The summed E-state index contributed by atoms with van der Waals surface area (Å²) in [6.07, 6.45) is 1.07. The lowest BCUT2D eigenvalue weighted by molar-refractivity contribution is 0.0913. The predicted molar refractivity (Wildman–Crippen MR) is 58.3 cm³/mol. The Kier molecular flexibility index (Phi) is 3.28. The van der Waals surface area contributed by atoms with Crippen LogP contribution >= 0.6 is 0 Å². The van der Waals surface area contributed by atoms with E-state index < -0.39 is 22.7 Å². The Balaban J connectivity index is 2.98. The van der Waals surface area contributed by atoms with Gasteiger partial charge in [0.15, 0.2) is 0 Å². The fourth-order valence-electron chi connectivity index (χ4n) is 1.00. The quantitative estimate of drug-likeness (QED) is 0.502. The highest BCUT2D eigenvalue weighted by atomic mass is 16.2. The standard InChI is InChI=1S/C9H14N4O3/c1-9(2,4-10)13-7(15)5-3-11-8(16)12-6(5)14/h3H,4,10H2,1-2H3,(H,13,15)(H2,11,12,14,16). The minimum atomic E-state index is -0.728. The molecule has 0 spiro atoms. The van der Waals surface area contributed by atoms with Crippen LogP contribution in [0.15, 0.2) is 15.8 Å². The molecule has 1 heterocycles. The van der Waals surface area contributed by atoms with Crippen LogP contribution in [0.1, 0.15) is 24.2 Å². The fraction of sp³-hybridized carbons (Fsp3) is 0.444. The molecular formula is C9H14N4O3. The third-order valence-corrected chi connectivity index (χ3v) is 2.03. The number of carbonyl (C=O) groups is 1. The van der Waals surface area contributed by atoms with Crippen molar-refractivity contribution in [2.24, 2.45) is 5.73 Å². The Bertz CT molecular complexity index is 500. The van der Waals surface area contributed by atoms with Gasteiger partial charge in [-0.15, -0.1) is 0 Å². The van der Waals surface area contributed by atoms with E-state index in [0.29, 0.717) is 0 Å². The molecule has 0 atom stereocenters. The Hall–Kier alpha value is -1.89. The Morgan fingerprint density at radius 3 is 2.62 bits per heavy atom. The van der Waals surface area contributed by atoms with Crippen molar-refractivity contribution < 1.29 is 4.79 Å². The van der Waals surface area contributed by atoms with Crippen LogP contribution in [0.4, 0.5) is 0 Å². The number of hydrogen-bond acceptors (Lipinski definition) is 4. The van der Waals surface area contributed by atoms with Gasteiger partial charge in [-0.05, 0) is 13.8 Å². The average Bonchev–Trinajstić information content (AvgIpc) is 2.16. The topological polar surface area (TPSA) is 121 Å². The molecule has 0 aromatic carbocycles. The third-order valence-electron chi connectivity index (χ3n) is 2.03. The lowest BCUT2D eigenvalue weighted by atomic mass is 10.1. The number of hydrogen-bond donors (Lipinski definition) is 4. The van der Waals surface area contributed by atoms with Crippen LogP contribution < -0.4 is 22.3 Å². The van der Waals surface area contributed by atoms with Crippen LogP contribution in [-0.4, -0.2) is 28.0 Å². The molecule has 1 aromatic heterocycles. The molecule has 7 heteroatoms. The lowest BCUT2D eigenvalue weighted by Gasteiger charge is -2.23. The minimum Gasteiger partial charge on any atom is -0.346 e. The monoisotopic (exact) mass is 226 g/mol. The first-order chi connectivity index (χ1) is 7.35. The number of amides is 1. The van der Waals surface area contributed by atoms with Gasteiger partial charge in [-0.3, -0.25) is 14.6 Å². The van der Waals surface area contributed by atoms with E-state index in [1.165, 1.54) is 0 Å².